The zero-order valence-electron chi connectivity index (χ0n) is 32.3. The van der Waals surface area contributed by atoms with Crippen molar-refractivity contribution in [1.82, 2.24) is 0 Å². The molecule has 5 aliphatic carbocycles. The summed E-state index contributed by atoms with van der Waals surface area (Å²) in [4.78, 5) is 26.7. The van der Waals surface area contributed by atoms with Gasteiger partial charge in [-0.25, -0.2) is 4.79 Å². The summed E-state index contributed by atoms with van der Waals surface area (Å²) in [7, 11) is -0.800. The predicted molar refractivity (Wildman–Crippen MR) is 199 cm³/mol. The molecule has 4 nitrogen and oxygen atoms in total. The maximum Gasteiger partial charge on any atom is 0.337 e. The van der Waals surface area contributed by atoms with Gasteiger partial charge in [0.2, 0.25) is 0 Å². The van der Waals surface area contributed by atoms with E-state index in [-0.39, 0.29) is 50.0 Å². The molecule has 3 saturated carbocycles. The van der Waals surface area contributed by atoms with E-state index in [2.05, 4.69) is 99.7 Å². The molecule has 0 unspecified atom stereocenters. The molecule has 5 aliphatic rings. The Morgan fingerprint density at radius 1 is 0.875 bits per heavy atom. The smallest absolute Gasteiger partial charge is 0.337 e. The number of allylic oxidation sites excluding steroid dienone is 4. The molecule has 8 atom stereocenters. The lowest BCUT2D eigenvalue weighted by Crippen LogP contribution is -2.64. The Hall–Kier alpha value is -2.14. The number of benzene rings is 1. The molecule has 48 heavy (non-hydrogen) atoms. The topological polar surface area (TPSA) is 52.6 Å². The van der Waals surface area contributed by atoms with Crippen molar-refractivity contribution in [1.29, 1.82) is 0 Å². The number of rotatable bonds is 4. The lowest BCUT2D eigenvalue weighted by molar-refractivity contribution is -0.175. The lowest BCUT2D eigenvalue weighted by Gasteiger charge is -2.70. The van der Waals surface area contributed by atoms with E-state index in [0.717, 1.165) is 38.5 Å². The Bertz CT molecular complexity index is 1530. The zero-order valence-corrected chi connectivity index (χ0v) is 33.3. The Kier molecular flexibility index (Phi) is 8.50. The van der Waals surface area contributed by atoms with Crippen LogP contribution in [-0.2, 0) is 14.0 Å². The normalized spacial score (nSPS) is 39.0. The average molecular weight is 673 g/mol. The number of fused-ring (bicyclic) bond motifs is 7. The molecule has 0 bridgehead atoms. The summed E-state index contributed by atoms with van der Waals surface area (Å²) in [6.07, 6.45) is 15.2. The molecule has 0 aliphatic heterocycles. The highest BCUT2D eigenvalue weighted by Gasteiger charge is 2.69. The van der Waals surface area contributed by atoms with Gasteiger partial charge in [0.1, 0.15) is 0 Å². The van der Waals surface area contributed by atoms with Gasteiger partial charge in [-0.15, -0.1) is 0 Å². The molecular weight excluding hydrogens is 609 g/mol. The molecule has 0 aromatic heterocycles. The summed E-state index contributed by atoms with van der Waals surface area (Å²) in [5.74, 6) is 1.77. The summed E-state index contributed by atoms with van der Waals surface area (Å²) >= 11 is 0. The molecule has 3 fully saturated rings. The first-order valence-corrected chi connectivity index (χ1v) is 21.9. The van der Waals surface area contributed by atoms with Gasteiger partial charge in [0.25, 0.3) is 14.3 Å². The molecule has 0 N–H and O–H groups in total. The van der Waals surface area contributed by atoms with Crippen LogP contribution in [-0.4, -0.2) is 27.4 Å². The average Bonchev–Trinajstić information content (AvgIpc) is 3.00. The predicted octanol–water partition coefficient (Wildman–Crippen LogP) is 11.4. The Morgan fingerprint density at radius 3 is 2.17 bits per heavy atom. The van der Waals surface area contributed by atoms with Crippen molar-refractivity contribution in [2.75, 3.05) is 7.11 Å². The summed E-state index contributed by atoms with van der Waals surface area (Å²) in [5.41, 5.74) is 4.94. The minimum atomic E-state index is -2.24. The van der Waals surface area contributed by atoms with Crippen LogP contribution >= 0.6 is 0 Å². The number of carbonyl (C=O) groups is 2. The van der Waals surface area contributed by atoms with E-state index < -0.39 is 8.32 Å². The molecule has 0 radical (unpaired) electrons. The fraction of sp³-hybridized carbons (Fsp3) is 0.721. The Morgan fingerprint density at radius 2 is 1.54 bits per heavy atom. The fourth-order valence-electron chi connectivity index (χ4n) is 12.2. The molecule has 0 spiro atoms. The SMILES string of the molecule is COC(=O)c1ccc(C2=CC[C@]3(C)[C@H]4CC=C5[C@@H]6[C@@H](C)CCC[C@]6(C(=O)O[Si](C)(C)C(C)(C)C)CC[C@@]5(C)[C@]4(C)CC[C@H]3C2(C)C)cc1. The third-order valence-electron chi connectivity index (χ3n) is 16.1. The van der Waals surface area contributed by atoms with Gasteiger partial charge in [0, 0.05) is 0 Å². The molecule has 1 aromatic carbocycles. The van der Waals surface area contributed by atoms with Gasteiger partial charge < -0.3 is 9.16 Å². The number of esters is 1. The van der Waals surface area contributed by atoms with Crippen molar-refractivity contribution in [3.8, 4) is 0 Å². The maximum absolute atomic E-state index is 14.6. The first kappa shape index (κ1) is 35.7. The van der Waals surface area contributed by atoms with Crippen molar-refractivity contribution < 1.29 is 18.8 Å². The van der Waals surface area contributed by atoms with E-state index in [1.54, 1.807) is 5.57 Å². The third-order valence-corrected chi connectivity index (χ3v) is 20.4. The Balaban J connectivity index is 1.36. The second-order valence-electron chi connectivity index (χ2n) is 19.6. The fourth-order valence-corrected chi connectivity index (χ4v) is 13.2. The number of carbonyl (C=O) groups excluding carboxylic acids is 2. The van der Waals surface area contributed by atoms with Crippen molar-refractivity contribution in [2.45, 2.75) is 138 Å². The van der Waals surface area contributed by atoms with Crippen molar-refractivity contribution >= 4 is 25.8 Å². The van der Waals surface area contributed by atoms with Crippen molar-refractivity contribution in [3.63, 3.8) is 0 Å². The van der Waals surface area contributed by atoms with Gasteiger partial charge in [0.05, 0.1) is 18.1 Å². The summed E-state index contributed by atoms with van der Waals surface area (Å²) in [5, 5.41) is 0.00570. The molecule has 0 amide bonds. The highest BCUT2D eigenvalue weighted by molar-refractivity contribution is 6.75. The molecule has 0 heterocycles. The summed E-state index contributed by atoms with van der Waals surface area (Å²) in [6, 6.07) is 8.05. The number of ether oxygens (including phenoxy) is 1. The molecular formula is C43H64O4Si. The number of hydrogen-bond acceptors (Lipinski definition) is 4. The van der Waals surface area contributed by atoms with Crippen LogP contribution in [0.3, 0.4) is 0 Å². The third kappa shape index (κ3) is 4.93. The largest absolute Gasteiger partial charge is 0.519 e. The molecule has 5 heteroatoms. The van der Waals surface area contributed by atoms with Crippen LogP contribution in [0.5, 0.6) is 0 Å². The van der Waals surface area contributed by atoms with Crippen LogP contribution in [0, 0.1) is 50.7 Å². The van der Waals surface area contributed by atoms with Crippen LogP contribution in [0.2, 0.25) is 18.1 Å². The minimum absolute atomic E-state index is 0.00570. The van der Waals surface area contributed by atoms with Gasteiger partial charge in [-0.3, -0.25) is 4.79 Å². The van der Waals surface area contributed by atoms with Crippen LogP contribution in [0.4, 0.5) is 0 Å². The van der Waals surface area contributed by atoms with Gasteiger partial charge in [-0.05, 0) is 132 Å². The maximum atomic E-state index is 14.6. The highest BCUT2D eigenvalue weighted by atomic mass is 28.4. The minimum Gasteiger partial charge on any atom is -0.519 e. The second-order valence-corrected chi connectivity index (χ2v) is 24.3. The monoisotopic (exact) mass is 672 g/mol. The van der Waals surface area contributed by atoms with Crippen LogP contribution in [0.15, 0.2) is 42.0 Å². The highest BCUT2D eigenvalue weighted by Crippen LogP contribution is 2.76. The van der Waals surface area contributed by atoms with E-state index in [4.69, 9.17) is 9.16 Å². The molecule has 0 saturated heterocycles. The van der Waals surface area contributed by atoms with Gasteiger partial charge in [0.15, 0.2) is 0 Å². The van der Waals surface area contributed by atoms with Crippen molar-refractivity contribution in [2.24, 2.45) is 50.7 Å². The van der Waals surface area contributed by atoms with Gasteiger partial charge in [-0.1, -0.05) is 105 Å². The van der Waals surface area contributed by atoms with E-state index in [9.17, 15) is 9.59 Å². The first-order chi connectivity index (χ1) is 22.2. The molecule has 264 valence electrons. The van der Waals surface area contributed by atoms with Gasteiger partial charge in [-0.2, -0.15) is 0 Å². The molecule has 6 rings (SSSR count). The standard InChI is InChI=1S/C43H64O4Si/c1-28-14-13-23-43(37(45)47-48(11,12)38(2,3)4)27-26-41(8)32(35(28)43)19-20-34-40(7)24-21-31(29-15-17-30(18-16-29)36(44)46-10)39(5,6)33(40)22-25-42(34,41)9/h15-19,21,28,33-35H,13-14,20,22-27H2,1-12H3/t28-,33-,34+,35-,40-,41+,42+,43-/m0/s1. The van der Waals surface area contributed by atoms with Crippen LogP contribution in [0.25, 0.3) is 5.57 Å². The Labute approximate surface area is 293 Å². The van der Waals surface area contributed by atoms with Crippen LogP contribution in [0.1, 0.15) is 136 Å². The van der Waals surface area contributed by atoms with Gasteiger partial charge >= 0.3 is 5.97 Å². The summed E-state index contributed by atoms with van der Waals surface area (Å²) in [6.45, 7) is 26.5. The quantitative estimate of drug-likeness (QED) is 0.181. The molecule has 1 aromatic rings. The summed E-state index contributed by atoms with van der Waals surface area (Å²) < 4.78 is 11.7. The van der Waals surface area contributed by atoms with E-state index in [1.165, 1.54) is 37.5 Å². The zero-order chi connectivity index (χ0) is 35.3. The number of methoxy groups -OCH3 is 1. The first-order valence-electron chi connectivity index (χ1n) is 19.0. The lowest BCUT2D eigenvalue weighted by atomic mass is 9.33. The van der Waals surface area contributed by atoms with E-state index in [1.807, 2.05) is 12.1 Å². The van der Waals surface area contributed by atoms with Crippen molar-refractivity contribution in [3.05, 3.63) is 53.1 Å². The van der Waals surface area contributed by atoms with Crippen LogP contribution < -0.4 is 0 Å². The second kappa shape index (κ2) is 11.4. The van der Waals surface area contributed by atoms with E-state index >= 15 is 0 Å². The number of hydrogen-bond donors (Lipinski definition) is 0. The van der Waals surface area contributed by atoms with E-state index in [0.29, 0.717) is 23.3 Å².